The number of aliphatic hydroxyl groups excluding tert-OH is 1. The minimum absolute atomic E-state index is 0.0614. The molecule has 6 heteroatoms. The van der Waals surface area contributed by atoms with Crippen LogP contribution in [0.1, 0.15) is 25.7 Å². The fourth-order valence-electron chi connectivity index (χ4n) is 3.14. The van der Waals surface area contributed by atoms with Crippen molar-refractivity contribution in [1.82, 2.24) is 15.1 Å². The monoisotopic (exact) mass is 315 g/mol. The summed E-state index contributed by atoms with van der Waals surface area (Å²) < 4.78 is 1.68. The molecule has 3 rings (SSSR count). The molecule has 2 atom stereocenters. The highest BCUT2D eigenvalue weighted by Gasteiger charge is 2.25. The Balaban J connectivity index is 1.59. The number of carbonyl (C=O) groups is 1. The van der Waals surface area contributed by atoms with Crippen LogP contribution in [0.3, 0.4) is 0 Å². The Morgan fingerprint density at radius 2 is 2.17 bits per heavy atom. The first-order valence-electron chi connectivity index (χ1n) is 8.05. The van der Waals surface area contributed by atoms with E-state index in [0.29, 0.717) is 24.9 Å². The number of fused-ring (bicyclic) bond motifs is 1. The Hall–Kier alpha value is -2.21. The Morgan fingerprint density at radius 3 is 2.96 bits per heavy atom. The molecule has 2 unspecified atom stereocenters. The number of para-hydroxylation sites is 1. The molecule has 6 nitrogen and oxygen atoms in total. The quantitative estimate of drug-likeness (QED) is 0.864. The Bertz CT molecular complexity index is 756. The lowest BCUT2D eigenvalue weighted by Crippen LogP contribution is -2.33. The van der Waals surface area contributed by atoms with E-state index in [-0.39, 0.29) is 23.4 Å². The van der Waals surface area contributed by atoms with Gasteiger partial charge in [-0.2, -0.15) is 5.10 Å². The maximum atomic E-state index is 12.0. The van der Waals surface area contributed by atoms with Gasteiger partial charge in [-0.25, -0.2) is 0 Å². The standard InChI is InChI=1S/C17H21N3O3/c21-15-7-3-4-12(15)10-18-17(23)8-9-20-14-6-2-1-5-13(14)16(22)11-19-20/h1-2,5-6,11-12,15,21H,3-4,7-10H2,(H,18,23). The van der Waals surface area contributed by atoms with Gasteiger partial charge < -0.3 is 10.4 Å². The van der Waals surface area contributed by atoms with Gasteiger partial charge in [0.25, 0.3) is 0 Å². The molecule has 2 aromatic rings. The Morgan fingerprint density at radius 1 is 1.35 bits per heavy atom. The third kappa shape index (κ3) is 3.59. The summed E-state index contributed by atoms with van der Waals surface area (Å²) in [5, 5.41) is 17.4. The largest absolute Gasteiger partial charge is 0.393 e. The van der Waals surface area contributed by atoms with Crippen LogP contribution >= 0.6 is 0 Å². The van der Waals surface area contributed by atoms with Crippen molar-refractivity contribution in [3.63, 3.8) is 0 Å². The molecule has 1 aromatic carbocycles. The number of carbonyl (C=O) groups excluding carboxylic acids is 1. The second-order valence-corrected chi connectivity index (χ2v) is 6.06. The second kappa shape index (κ2) is 6.91. The van der Waals surface area contributed by atoms with Gasteiger partial charge in [0, 0.05) is 24.3 Å². The van der Waals surface area contributed by atoms with Crippen molar-refractivity contribution in [2.75, 3.05) is 6.54 Å². The average Bonchev–Trinajstić information content (AvgIpc) is 2.98. The van der Waals surface area contributed by atoms with Gasteiger partial charge in [-0.3, -0.25) is 14.3 Å². The van der Waals surface area contributed by atoms with Crippen molar-refractivity contribution in [3.8, 4) is 0 Å². The Labute approximate surface area is 134 Å². The fraction of sp³-hybridized carbons (Fsp3) is 0.471. The van der Waals surface area contributed by atoms with Crippen molar-refractivity contribution in [3.05, 3.63) is 40.7 Å². The van der Waals surface area contributed by atoms with Crippen molar-refractivity contribution in [2.45, 2.75) is 38.3 Å². The zero-order valence-electron chi connectivity index (χ0n) is 12.9. The third-order valence-corrected chi connectivity index (χ3v) is 4.49. The van der Waals surface area contributed by atoms with E-state index in [9.17, 15) is 14.7 Å². The number of aromatic nitrogens is 2. The topological polar surface area (TPSA) is 84.2 Å². The summed E-state index contributed by atoms with van der Waals surface area (Å²) in [6.07, 6.45) is 4.11. The molecule has 0 aliphatic heterocycles. The van der Waals surface area contributed by atoms with Crippen LogP contribution in [0.25, 0.3) is 10.9 Å². The number of nitrogens with one attached hydrogen (secondary N) is 1. The van der Waals surface area contributed by atoms with Crippen LogP contribution in [0.4, 0.5) is 0 Å². The Kier molecular flexibility index (Phi) is 4.71. The van der Waals surface area contributed by atoms with Gasteiger partial charge in [-0.1, -0.05) is 18.6 Å². The van der Waals surface area contributed by atoms with E-state index in [1.165, 1.54) is 6.20 Å². The van der Waals surface area contributed by atoms with E-state index >= 15 is 0 Å². The summed E-state index contributed by atoms with van der Waals surface area (Å²) in [7, 11) is 0. The maximum Gasteiger partial charge on any atom is 0.221 e. The molecule has 1 saturated carbocycles. The molecule has 23 heavy (non-hydrogen) atoms. The molecule has 1 heterocycles. The molecule has 2 N–H and O–H groups in total. The molecule has 0 saturated heterocycles. The van der Waals surface area contributed by atoms with Crippen molar-refractivity contribution >= 4 is 16.8 Å². The predicted octanol–water partition coefficient (Wildman–Crippen LogP) is 1.06. The molecule has 0 radical (unpaired) electrons. The first-order chi connectivity index (χ1) is 11.1. The summed E-state index contributed by atoms with van der Waals surface area (Å²) in [5.41, 5.74) is 0.621. The average molecular weight is 315 g/mol. The molecule has 0 spiro atoms. The second-order valence-electron chi connectivity index (χ2n) is 6.06. The highest BCUT2D eigenvalue weighted by Crippen LogP contribution is 2.24. The van der Waals surface area contributed by atoms with Crippen LogP contribution in [0.5, 0.6) is 0 Å². The summed E-state index contributed by atoms with van der Waals surface area (Å²) in [6, 6.07) is 7.25. The molecule has 1 aromatic heterocycles. The number of amides is 1. The van der Waals surface area contributed by atoms with E-state index in [4.69, 9.17) is 0 Å². The number of aliphatic hydroxyl groups is 1. The smallest absolute Gasteiger partial charge is 0.221 e. The third-order valence-electron chi connectivity index (χ3n) is 4.49. The van der Waals surface area contributed by atoms with Crippen LogP contribution in [0, 0.1) is 5.92 Å². The molecule has 0 bridgehead atoms. The zero-order valence-corrected chi connectivity index (χ0v) is 12.9. The van der Waals surface area contributed by atoms with Gasteiger partial charge in [0.2, 0.25) is 11.3 Å². The minimum atomic E-state index is -0.292. The van der Waals surface area contributed by atoms with Crippen LogP contribution in [0.15, 0.2) is 35.3 Å². The van der Waals surface area contributed by atoms with Crippen molar-refractivity contribution in [2.24, 2.45) is 5.92 Å². The van der Waals surface area contributed by atoms with Crippen molar-refractivity contribution in [1.29, 1.82) is 0 Å². The van der Waals surface area contributed by atoms with E-state index in [2.05, 4.69) is 10.4 Å². The number of benzene rings is 1. The van der Waals surface area contributed by atoms with E-state index in [1.54, 1.807) is 10.7 Å². The van der Waals surface area contributed by atoms with Crippen molar-refractivity contribution < 1.29 is 9.90 Å². The fourth-order valence-corrected chi connectivity index (χ4v) is 3.14. The van der Waals surface area contributed by atoms with Gasteiger partial charge >= 0.3 is 0 Å². The predicted molar refractivity (Wildman–Crippen MR) is 87.0 cm³/mol. The molecule has 1 aliphatic carbocycles. The number of hydrogen-bond donors (Lipinski definition) is 2. The normalized spacial score (nSPS) is 20.7. The first-order valence-corrected chi connectivity index (χ1v) is 8.05. The van der Waals surface area contributed by atoms with Crippen LogP contribution in [0.2, 0.25) is 0 Å². The summed E-state index contributed by atoms with van der Waals surface area (Å²) in [6.45, 7) is 0.943. The lowest BCUT2D eigenvalue weighted by Gasteiger charge is -2.15. The van der Waals surface area contributed by atoms with Gasteiger partial charge in [0.15, 0.2) is 0 Å². The molecule has 122 valence electrons. The van der Waals surface area contributed by atoms with E-state index in [1.807, 2.05) is 18.2 Å². The van der Waals surface area contributed by atoms with Gasteiger partial charge in [0.05, 0.1) is 24.4 Å². The minimum Gasteiger partial charge on any atom is -0.393 e. The number of nitrogens with zero attached hydrogens (tertiary/aromatic N) is 2. The van der Waals surface area contributed by atoms with E-state index < -0.39 is 0 Å². The van der Waals surface area contributed by atoms with Crippen LogP contribution in [-0.4, -0.2) is 33.4 Å². The zero-order chi connectivity index (χ0) is 16.2. The number of aryl methyl sites for hydroxylation is 1. The molecule has 1 amide bonds. The van der Waals surface area contributed by atoms with E-state index in [0.717, 1.165) is 24.8 Å². The molecule has 1 aliphatic rings. The molecule has 1 fully saturated rings. The van der Waals surface area contributed by atoms with Crippen LogP contribution < -0.4 is 10.7 Å². The van der Waals surface area contributed by atoms with Gasteiger partial charge in [0.1, 0.15) is 0 Å². The molecular weight excluding hydrogens is 294 g/mol. The van der Waals surface area contributed by atoms with Crippen LogP contribution in [-0.2, 0) is 11.3 Å². The van der Waals surface area contributed by atoms with Gasteiger partial charge in [-0.05, 0) is 25.0 Å². The molecular formula is C17H21N3O3. The number of rotatable bonds is 5. The lowest BCUT2D eigenvalue weighted by atomic mass is 10.1. The summed E-state index contributed by atoms with van der Waals surface area (Å²) >= 11 is 0. The maximum absolute atomic E-state index is 12.0. The summed E-state index contributed by atoms with van der Waals surface area (Å²) in [4.78, 5) is 23.8. The van der Waals surface area contributed by atoms with Gasteiger partial charge in [-0.15, -0.1) is 0 Å². The number of hydrogen-bond acceptors (Lipinski definition) is 4. The highest BCUT2D eigenvalue weighted by atomic mass is 16.3. The highest BCUT2D eigenvalue weighted by molar-refractivity contribution is 5.79. The first kappa shape index (κ1) is 15.7. The SMILES string of the molecule is O=C(CCn1ncc(=O)c2ccccc21)NCC1CCCC1O. The lowest BCUT2D eigenvalue weighted by molar-refractivity contribution is -0.121. The summed E-state index contributed by atoms with van der Waals surface area (Å²) in [5.74, 6) is 0.110.